The molecule has 1 aliphatic heterocycles. The van der Waals surface area contributed by atoms with Gasteiger partial charge >= 0.3 is 0 Å². The summed E-state index contributed by atoms with van der Waals surface area (Å²) in [6.45, 7) is 0.920. The maximum Gasteiger partial charge on any atom is 0.237 e. The van der Waals surface area contributed by atoms with Crippen molar-refractivity contribution in [3.63, 3.8) is 0 Å². The Morgan fingerprint density at radius 3 is 2.73 bits per heavy atom. The first-order valence-corrected chi connectivity index (χ1v) is 9.81. The number of hydrogen-bond donors (Lipinski definition) is 2. The van der Waals surface area contributed by atoms with Gasteiger partial charge in [0.05, 0.1) is 22.7 Å². The number of carbonyl (C=O) groups is 1. The molecule has 1 aromatic heterocycles. The topological polar surface area (TPSA) is 54.0 Å². The van der Waals surface area contributed by atoms with Crippen molar-refractivity contribution in [3.8, 4) is 10.6 Å². The van der Waals surface area contributed by atoms with Gasteiger partial charge in [0.2, 0.25) is 5.91 Å². The third-order valence-electron chi connectivity index (χ3n) is 4.98. The predicted octanol–water partition coefficient (Wildman–Crippen LogP) is 4.01. The number of aromatic nitrogens is 1. The number of rotatable bonds is 3. The van der Waals surface area contributed by atoms with Gasteiger partial charge < -0.3 is 10.6 Å². The first-order chi connectivity index (χ1) is 12.2. The Hall–Kier alpha value is -1.50. The molecule has 7 heteroatoms. The molecule has 2 heterocycles. The third-order valence-corrected chi connectivity index (χ3v) is 6.25. The predicted molar refractivity (Wildman–Crippen MR) is 104 cm³/mol. The molecule has 4 rings (SSSR count). The van der Waals surface area contributed by atoms with Gasteiger partial charge in [0, 0.05) is 5.56 Å². The van der Waals surface area contributed by atoms with Gasteiger partial charge in [0.1, 0.15) is 10.8 Å². The quantitative estimate of drug-likeness (QED) is 0.825. The lowest BCUT2D eigenvalue weighted by atomic mass is 9.97. The summed E-state index contributed by atoms with van der Waals surface area (Å²) in [6, 6.07) is 6.43. The van der Waals surface area contributed by atoms with Crippen LogP contribution >= 0.6 is 23.7 Å². The van der Waals surface area contributed by atoms with Gasteiger partial charge in [0.15, 0.2) is 0 Å². The second-order valence-electron chi connectivity index (χ2n) is 6.79. The Balaban J connectivity index is 0.00000196. The number of piperidine rings is 1. The van der Waals surface area contributed by atoms with Gasteiger partial charge in [-0.3, -0.25) is 4.79 Å². The zero-order valence-corrected chi connectivity index (χ0v) is 16.1. The zero-order chi connectivity index (χ0) is 17.2. The van der Waals surface area contributed by atoms with E-state index in [1.807, 2.05) is 0 Å². The highest BCUT2D eigenvalue weighted by Crippen LogP contribution is 2.38. The van der Waals surface area contributed by atoms with E-state index in [1.165, 1.54) is 12.1 Å². The lowest BCUT2D eigenvalue weighted by Gasteiger charge is -2.27. The van der Waals surface area contributed by atoms with E-state index in [2.05, 4.69) is 10.6 Å². The summed E-state index contributed by atoms with van der Waals surface area (Å²) in [6.07, 6.45) is 6.10. The first kappa shape index (κ1) is 19.3. The fourth-order valence-electron chi connectivity index (χ4n) is 3.62. The highest BCUT2D eigenvalue weighted by Gasteiger charge is 2.29. The minimum atomic E-state index is -0.241. The van der Waals surface area contributed by atoms with Crippen molar-refractivity contribution >= 4 is 29.7 Å². The highest BCUT2D eigenvalue weighted by molar-refractivity contribution is 7.15. The van der Waals surface area contributed by atoms with Crippen molar-refractivity contribution in [1.29, 1.82) is 0 Å². The minimum Gasteiger partial charge on any atom is -0.347 e. The van der Waals surface area contributed by atoms with Crippen molar-refractivity contribution in [2.24, 2.45) is 0 Å². The van der Waals surface area contributed by atoms with Gasteiger partial charge in [-0.25, -0.2) is 9.37 Å². The van der Waals surface area contributed by atoms with E-state index in [4.69, 9.17) is 4.98 Å². The molecule has 1 amide bonds. The van der Waals surface area contributed by atoms with Crippen LogP contribution in [0, 0.1) is 5.82 Å². The van der Waals surface area contributed by atoms with Gasteiger partial charge in [0.25, 0.3) is 0 Å². The van der Waals surface area contributed by atoms with Crippen LogP contribution < -0.4 is 10.6 Å². The maximum atomic E-state index is 13.1. The van der Waals surface area contributed by atoms with Crippen LogP contribution in [0.2, 0.25) is 0 Å². The molecule has 1 fully saturated rings. The van der Waals surface area contributed by atoms with Crippen LogP contribution in [0.1, 0.15) is 48.7 Å². The van der Waals surface area contributed by atoms with E-state index in [9.17, 15) is 9.18 Å². The molecule has 1 aliphatic carbocycles. The molecule has 4 nitrogen and oxygen atoms in total. The van der Waals surface area contributed by atoms with Crippen LogP contribution in [-0.4, -0.2) is 23.5 Å². The summed E-state index contributed by atoms with van der Waals surface area (Å²) in [4.78, 5) is 18.5. The summed E-state index contributed by atoms with van der Waals surface area (Å²) in [5, 5.41) is 7.44. The smallest absolute Gasteiger partial charge is 0.237 e. The second kappa shape index (κ2) is 8.46. The number of carbonyl (C=O) groups excluding carboxylic acids is 1. The molecule has 140 valence electrons. The van der Waals surface area contributed by atoms with Crippen molar-refractivity contribution in [2.75, 3.05) is 6.54 Å². The summed E-state index contributed by atoms with van der Waals surface area (Å²) in [5.41, 5.74) is 2.01. The van der Waals surface area contributed by atoms with Gasteiger partial charge in [-0.05, 0) is 62.9 Å². The van der Waals surface area contributed by atoms with Crippen LogP contribution in [0.4, 0.5) is 4.39 Å². The number of thiazole rings is 1. The van der Waals surface area contributed by atoms with Crippen molar-refractivity contribution in [3.05, 3.63) is 40.7 Å². The normalized spacial score (nSPS) is 22.2. The number of aryl methyl sites for hydroxylation is 1. The Morgan fingerprint density at radius 1 is 1.19 bits per heavy atom. The molecule has 0 spiro atoms. The molecule has 0 bridgehead atoms. The number of amides is 1. The average molecular weight is 396 g/mol. The maximum absolute atomic E-state index is 13.1. The number of halogens is 2. The average Bonchev–Trinajstić information content (AvgIpc) is 3.08. The lowest BCUT2D eigenvalue weighted by molar-refractivity contribution is -0.124. The largest absolute Gasteiger partial charge is 0.347 e. The van der Waals surface area contributed by atoms with Gasteiger partial charge in [-0.15, -0.1) is 23.7 Å². The molecule has 0 radical (unpaired) electrons. The molecule has 0 saturated carbocycles. The van der Waals surface area contributed by atoms with Crippen LogP contribution in [0.25, 0.3) is 10.6 Å². The monoisotopic (exact) mass is 395 g/mol. The fraction of sp³-hybridized carbons (Fsp3) is 0.474. The van der Waals surface area contributed by atoms with E-state index >= 15 is 0 Å². The Kier molecular flexibility index (Phi) is 6.27. The van der Waals surface area contributed by atoms with Crippen LogP contribution in [0.5, 0.6) is 0 Å². The standard InChI is InChI=1S/C19H22FN3OS.ClH/c20-13-9-7-12(8-10-13)19-23-15-6-3-5-14(17(15)25-19)22-18(24)16-4-1-2-11-21-16;/h7-10,14,16,21H,1-6,11H2,(H,22,24);1H. The zero-order valence-electron chi connectivity index (χ0n) is 14.5. The van der Waals surface area contributed by atoms with Crippen LogP contribution in [0.15, 0.2) is 24.3 Å². The SMILES string of the molecule is Cl.O=C(NC1CCCc2nc(-c3ccc(F)cc3)sc21)C1CCCCN1. The van der Waals surface area contributed by atoms with E-state index in [-0.39, 0.29) is 36.2 Å². The summed E-state index contributed by atoms with van der Waals surface area (Å²) >= 11 is 1.62. The Labute approximate surface area is 163 Å². The molecule has 26 heavy (non-hydrogen) atoms. The molecular weight excluding hydrogens is 373 g/mol. The molecular formula is C19H23ClFN3OS. The minimum absolute atomic E-state index is 0. The highest BCUT2D eigenvalue weighted by atomic mass is 35.5. The molecule has 2 aromatic rings. The molecule has 1 aromatic carbocycles. The molecule has 2 aliphatic rings. The molecule has 1 saturated heterocycles. The first-order valence-electron chi connectivity index (χ1n) is 9.00. The van der Waals surface area contributed by atoms with Crippen LogP contribution in [0.3, 0.4) is 0 Å². The van der Waals surface area contributed by atoms with Gasteiger partial charge in [-0.1, -0.05) is 6.42 Å². The summed E-state index contributed by atoms with van der Waals surface area (Å²) < 4.78 is 13.1. The number of hydrogen-bond acceptors (Lipinski definition) is 4. The van der Waals surface area contributed by atoms with Crippen molar-refractivity contribution < 1.29 is 9.18 Å². The lowest BCUT2D eigenvalue weighted by Crippen LogP contribution is -2.47. The van der Waals surface area contributed by atoms with Crippen molar-refractivity contribution in [1.82, 2.24) is 15.6 Å². The molecule has 2 N–H and O–H groups in total. The number of fused-ring (bicyclic) bond motifs is 1. The molecule has 2 atom stereocenters. The Bertz CT molecular complexity index is 759. The van der Waals surface area contributed by atoms with Gasteiger partial charge in [-0.2, -0.15) is 0 Å². The number of nitrogens with one attached hydrogen (secondary N) is 2. The number of benzene rings is 1. The summed E-state index contributed by atoms with van der Waals surface area (Å²) in [5.74, 6) is -0.135. The third kappa shape index (κ3) is 4.08. The summed E-state index contributed by atoms with van der Waals surface area (Å²) in [7, 11) is 0. The van der Waals surface area contributed by atoms with Crippen molar-refractivity contribution in [2.45, 2.75) is 50.6 Å². The second-order valence-corrected chi connectivity index (χ2v) is 7.82. The van der Waals surface area contributed by atoms with E-state index in [1.54, 1.807) is 23.5 Å². The fourth-order valence-corrected chi connectivity index (χ4v) is 4.82. The van der Waals surface area contributed by atoms with E-state index in [0.29, 0.717) is 0 Å². The van der Waals surface area contributed by atoms with Crippen LogP contribution in [-0.2, 0) is 11.2 Å². The Morgan fingerprint density at radius 2 is 2.00 bits per heavy atom. The number of nitrogens with zero attached hydrogens (tertiary/aromatic N) is 1. The van der Waals surface area contributed by atoms with E-state index < -0.39 is 0 Å². The van der Waals surface area contributed by atoms with E-state index in [0.717, 1.165) is 66.2 Å². The molecule has 2 unspecified atom stereocenters.